The molecule has 0 saturated heterocycles. The Morgan fingerprint density at radius 1 is 1.00 bits per heavy atom. The second-order valence-corrected chi connectivity index (χ2v) is 4.84. The average molecular weight is 214 g/mol. The van der Waals surface area contributed by atoms with E-state index in [-0.39, 0.29) is 5.41 Å². The van der Waals surface area contributed by atoms with Gasteiger partial charge in [0.15, 0.2) is 0 Å². The van der Waals surface area contributed by atoms with Crippen LogP contribution in [0, 0.1) is 0 Å². The van der Waals surface area contributed by atoms with E-state index in [2.05, 4.69) is 44.2 Å². The fourth-order valence-electron chi connectivity index (χ4n) is 2.19. The van der Waals surface area contributed by atoms with E-state index in [9.17, 15) is 5.11 Å². The van der Waals surface area contributed by atoms with Gasteiger partial charge in [0.25, 0.3) is 0 Å². The van der Waals surface area contributed by atoms with Gasteiger partial charge in [-0.1, -0.05) is 55.8 Å². The van der Waals surface area contributed by atoms with Gasteiger partial charge in [0.05, 0.1) is 5.76 Å². The molecule has 1 aliphatic rings. The molecule has 1 nitrogen and oxygen atoms in total. The van der Waals surface area contributed by atoms with Gasteiger partial charge in [-0.05, 0) is 18.1 Å². The molecule has 0 heterocycles. The Morgan fingerprint density at radius 3 is 2.25 bits per heavy atom. The summed E-state index contributed by atoms with van der Waals surface area (Å²) in [6.07, 6.45) is 5.60. The predicted octanol–water partition coefficient (Wildman–Crippen LogP) is 4.13. The van der Waals surface area contributed by atoms with E-state index >= 15 is 0 Å². The van der Waals surface area contributed by atoms with Crippen LogP contribution in [0.15, 0.2) is 53.8 Å². The lowest BCUT2D eigenvalue weighted by atomic mass is 9.74. The van der Waals surface area contributed by atoms with E-state index in [1.165, 1.54) is 11.1 Å². The maximum absolute atomic E-state index is 9.38. The molecule has 0 aliphatic heterocycles. The van der Waals surface area contributed by atoms with Crippen LogP contribution in [-0.2, 0) is 5.41 Å². The van der Waals surface area contributed by atoms with Gasteiger partial charge in [-0.15, -0.1) is 0 Å². The Morgan fingerprint density at radius 2 is 1.69 bits per heavy atom. The van der Waals surface area contributed by atoms with Gasteiger partial charge in [0, 0.05) is 11.8 Å². The van der Waals surface area contributed by atoms with E-state index in [4.69, 9.17) is 0 Å². The Labute approximate surface area is 97.1 Å². The summed E-state index contributed by atoms with van der Waals surface area (Å²) in [6.45, 7) is 4.48. The van der Waals surface area contributed by atoms with Crippen LogP contribution in [0.4, 0.5) is 0 Å². The molecule has 1 N–H and O–H groups in total. The van der Waals surface area contributed by atoms with Gasteiger partial charge in [0.2, 0.25) is 0 Å². The molecule has 1 heteroatoms. The normalized spacial score (nSPS) is 16.6. The summed E-state index contributed by atoms with van der Waals surface area (Å²) in [5, 5.41) is 9.38. The Hall–Kier alpha value is -1.50. The lowest BCUT2D eigenvalue weighted by Crippen LogP contribution is -2.21. The summed E-state index contributed by atoms with van der Waals surface area (Å²) < 4.78 is 0. The van der Waals surface area contributed by atoms with Crippen LogP contribution in [0.1, 0.15) is 32.3 Å². The largest absolute Gasteiger partial charge is 0.512 e. The molecule has 0 amide bonds. The summed E-state index contributed by atoms with van der Waals surface area (Å²) in [6, 6.07) is 10.5. The van der Waals surface area contributed by atoms with Crippen LogP contribution in [0.5, 0.6) is 0 Å². The van der Waals surface area contributed by atoms with Gasteiger partial charge < -0.3 is 5.11 Å². The highest BCUT2D eigenvalue weighted by Gasteiger charge is 2.26. The second kappa shape index (κ2) is 4.17. The number of aliphatic hydroxyl groups excluding tert-OH is 1. The minimum atomic E-state index is 0.0540. The molecule has 0 fully saturated rings. The molecule has 16 heavy (non-hydrogen) atoms. The fourth-order valence-corrected chi connectivity index (χ4v) is 2.19. The number of allylic oxidation sites excluding steroid dienone is 4. The Kier molecular flexibility index (Phi) is 2.86. The number of aliphatic hydroxyl groups is 1. The first kappa shape index (κ1) is 11.0. The molecule has 0 aromatic heterocycles. The SMILES string of the molecule is CC(C)(C1=CC=C(O)CC1)c1ccccc1. The molecule has 1 aliphatic carbocycles. The van der Waals surface area contributed by atoms with Crippen LogP contribution in [0.3, 0.4) is 0 Å². The summed E-state index contributed by atoms with van der Waals surface area (Å²) in [5.41, 5.74) is 2.77. The second-order valence-electron chi connectivity index (χ2n) is 4.84. The molecule has 0 atom stereocenters. The zero-order chi connectivity index (χ0) is 11.6. The zero-order valence-electron chi connectivity index (χ0n) is 9.90. The predicted molar refractivity (Wildman–Crippen MR) is 67.5 cm³/mol. The summed E-state index contributed by atoms with van der Waals surface area (Å²) in [4.78, 5) is 0. The maximum Gasteiger partial charge on any atom is 0.0925 e. The van der Waals surface area contributed by atoms with Crippen molar-refractivity contribution >= 4 is 0 Å². The van der Waals surface area contributed by atoms with Crippen molar-refractivity contribution in [1.29, 1.82) is 0 Å². The molecule has 0 saturated carbocycles. The number of benzene rings is 1. The molecule has 2 rings (SSSR count). The highest BCUT2D eigenvalue weighted by molar-refractivity contribution is 5.37. The minimum Gasteiger partial charge on any atom is -0.512 e. The number of rotatable bonds is 2. The van der Waals surface area contributed by atoms with E-state index in [0.29, 0.717) is 5.76 Å². The van der Waals surface area contributed by atoms with Crippen molar-refractivity contribution in [3.8, 4) is 0 Å². The van der Waals surface area contributed by atoms with Crippen LogP contribution in [0.25, 0.3) is 0 Å². The molecule has 0 radical (unpaired) electrons. The van der Waals surface area contributed by atoms with Crippen molar-refractivity contribution in [2.45, 2.75) is 32.1 Å². The van der Waals surface area contributed by atoms with Crippen LogP contribution >= 0.6 is 0 Å². The standard InChI is InChI=1S/C15H18O/c1-15(2,12-6-4-3-5-7-12)13-8-10-14(16)11-9-13/h3-8,10,16H,9,11H2,1-2H3. The molecule has 1 aromatic carbocycles. The first-order valence-corrected chi connectivity index (χ1v) is 5.75. The highest BCUT2D eigenvalue weighted by Crippen LogP contribution is 2.36. The molecule has 0 unspecified atom stereocenters. The summed E-state index contributed by atoms with van der Waals surface area (Å²) >= 11 is 0. The van der Waals surface area contributed by atoms with Crippen molar-refractivity contribution in [2.24, 2.45) is 0 Å². The van der Waals surface area contributed by atoms with E-state index in [1.807, 2.05) is 12.1 Å². The van der Waals surface area contributed by atoms with E-state index < -0.39 is 0 Å². The van der Waals surface area contributed by atoms with Crippen LogP contribution in [0.2, 0.25) is 0 Å². The smallest absolute Gasteiger partial charge is 0.0925 e. The Balaban J connectivity index is 2.33. The fraction of sp³-hybridized carbons (Fsp3) is 0.333. The third-order valence-corrected chi connectivity index (χ3v) is 3.43. The average Bonchev–Trinajstić information content (AvgIpc) is 2.31. The summed E-state index contributed by atoms with van der Waals surface area (Å²) in [5.74, 6) is 0.493. The van der Waals surface area contributed by atoms with Crippen molar-refractivity contribution in [3.05, 3.63) is 59.4 Å². The minimum absolute atomic E-state index is 0.0540. The number of hydrogen-bond acceptors (Lipinski definition) is 1. The van der Waals surface area contributed by atoms with Crippen LogP contribution in [-0.4, -0.2) is 5.11 Å². The van der Waals surface area contributed by atoms with Gasteiger partial charge in [-0.25, -0.2) is 0 Å². The molecule has 0 bridgehead atoms. The monoisotopic (exact) mass is 214 g/mol. The first-order chi connectivity index (χ1) is 7.60. The molecule has 84 valence electrons. The van der Waals surface area contributed by atoms with Crippen molar-refractivity contribution in [1.82, 2.24) is 0 Å². The lowest BCUT2D eigenvalue weighted by Gasteiger charge is -2.30. The van der Waals surface area contributed by atoms with Gasteiger partial charge in [0.1, 0.15) is 0 Å². The molecular formula is C15H18O. The van der Waals surface area contributed by atoms with E-state index in [1.54, 1.807) is 0 Å². The third-order valence-electron chi connectivity index (χ3n) is 3.43. The molecule has 0 spiro atoms. The third kappa shape index (κ3) is 2.04. The van der Waals surface area contributed by atoms with Gasteiger partial charge in [-0.3, -0.25) is 0 Å². The topological polar surface area (TPSA) is 20.2 Å². The molecule has 1 aromatic rings. The van der Waals surface area contributed by atoms with Crippen LogP contribution < -0.4 is 0 Å². The summed E-state index contributed by atoms with van der Waals surface area (Å²) in [7, 11) is 0. The van der Waals surface area contributed by atoms with Crippen molar-refractivity contribution < 1.29 is 5.11 Å². The quantitative estimate of drug-likeness (QED) is 0.785. The maximum atomic E-state index is 9.38. The highest BCUT2D eigenvalue weighted by atomic mass is 16.3. The Bertz CT molecular complexity index is 424. The number of hydrogen-bond donors (Lipinski definition) is 1. The lowest BCUT2D eigenvalue weighted by molar-refractivity contribution is 0.381. The van der Waals surface area contributed by atoms with Gasteiger partial charge in [-0.2, -0.15) is 0 Å². The molecular weight excluding hydrogens is 196 g/mol. The van der Waals surface area contributed by atoms with Gasteiger partial charge >= 0.3 is 0 Å². The van der Waals surface area contributed by atoms with Crippen molar-refractivity contribution in [2.75, 3.05) is 0 Å². The zero-order valence-corrected chi connectivity index (χ0v) is 9.90. The van der Waals surface area contributed by atoms with E-state index in [0.717, 1.165) is 12.8 Å². The first-order valence-electron chi connectivity index (χ1n) is 5.75. The van der Waals surface area contributed by atoms with Crippen molar-refractivity contribution in [3.63, 3.8) is 0 Å².